The molecule has 0 bridgehead atoms. The number of nitrogens with zero attached hydrogens (tertiary/aromatic N) is 1. The molecule has 2 aliphatic heterocycles. The van der Waals surface area contributed by atoms with E-state index in [2.05, 4.69) is 5.32 Å². The van der Waals surface area contributed by atoms with Gasteiger partial charge in [-0.15, -0.1) is 0 Å². The predicted octanol–water partition coefficient (Wildman–Crippen LogP) is 3.36. The Kier molecular flexibility index (Phi) is 10.0. The summed E-state index contributed by atoms with van der Waals surface area (Å²) < 4.78 is 45.3. The summed E-state index contributed by atoms with van der Waals surface area (Å²) in [6.07, 6.45) is -0.800. The molecule has 0 saturated carbocycles. The van der Waals surface area contributed by atoms with E-state index in [0.29, 0.717) is 13.0 Å². The lowest BCUT2D eigenvalue weighted by atomic mass is 10.0. The maximum absolute atomic E-state index is 13.6. The van der Waals surface area contributed by atoms with Gasteiger partial charge in [-0.2, -0.15) is 4.31 Å². The first-order valence-corrected chi connectivity index (χ1v) is 15.1. The monoisotopic (exact) mass is 560 g/mol. The molecule has 9 nitrogen and oxygen atoms in total. The number of amides is 1. The molecule has 2 aromatic carbocycles. The van der Waals surface area contributed by atoms with E-state index in [-0.39, 0.29) is 42.7 Å². The van der Waals surface area contributed by atoms with Gasteiger partial charge in [0.15, 0.2) is 6.29 Å². The number of sulfonamides is 1. The van der Waals surface area contributed by atoms with Crippen LogP contribution in [0.3, 0.4) is 0 Å². The maximum atomic E-state index is 13.6. The highest BCUT2D eigenvalue weighted by Crippen LogP contribution is 2.33. The number of carbonyl (C=O) groups excluding carboxylic acids is 1. The fraction of sp³-hybridized carbons (Fsp3) is 0.552. The van der Waals surface area contributed by atoms with Crippen molar-refractivity contribution >= 4 is 16.1 Å². The van der Waals surface area contributed by atoms with Gasteiger partial charge in [-0.25, -0.2) is 13.2 Å². The number of fused-ring (bicyclic) bond motifs is 1. The fourth-order valence-electron chi connectivity index (χ4n) is 5.08. The van der Waals surface area contributed by atoms with Crippen LogP contribution >= 0.6 is 0 Å². The lowest BCUT2D eigenvalue weighted by molar-refractivity contribution is -0.0907. The standard InChI is InChI=1S/C29H40N2O7S/c1-4-21-10-12-23(13-11-21)39(34,35)31(17-20(2)3)18-26(32)25(16-22-8-6-5-7-9-22)30-29(33)38-27-19-37-28-24(27)14-15-36-28/h5-13,20,24-28,32H,4,14-19H2,1-3H3,(H,30,33)/t24-,25-,26?,27-,28+/m0/s1. The van der Waals surface area contributed by atoms with E-state index in [1.54, 1.807) is 24.3 Å². The lowest BCUT2D eigenvalue weighted by Gasteiger charge is -2.31. The molecule has 10 heteroatoms. The zero-order valence-corrected chi connectivity index (χ0v) is 23.7. The molecule has 2 aromatic rings. The van der Waals surface area contributed by atoms with Gasteiger partial charge in [-0.3, -0.25) is 0 Å². The summed E-state index contributed by atoms with van der Waals surface area (Å²) in [5.41, 5.74) is 1.93. The Morgan fingerprint density at radius 2 is 1.79 bits per heavy atom. The summed E-state index contributed by atoms with van der Waals surface area (Å²) in [6.45, 7) is 6.72. The van der Waals surface area contributed by atoms with Crippen molar-refractivity contribution < 1.29 is 32.5 Å². The maximum Gasteiger partial charge on any atom is 0.407 e. The first-order chi connectivity index (χ1) is 18.7. The molecule has 2 fully saturated rings. The number of carbonyl (C=O) groups is 1. The second-order valence-electron chi connectivity index (χ2n) is 10.7. The van der Waals surface area contributed by atoms with Crippen molar-refractivity contribution in [2.75, 3.05) is 26.3 Å². The van der Waals surface area contributed by atoms with Gasteiger partial charge in [0.2, 0.25) is 10.0 Å². The quantitative estimate of drug-likeness (QED) is 0.409. The normalized spacial score (nSPS) is 22.6. The number of alkyl carbamates (subject to hydrolysis) is 1. The van der Waals surface area contributed by atoms with Crippen molar-refractivity contribution in [2.45, 2.75) is 69.5 Å². The van der Waals surface area contributed by atoms with E-state index in [1.807, 2.05) is 51.1 Å². The van der Waals surface area contributed by atoms with Gasteiger partial charge in [-0.1, -0.05) is 63.2 Å². The predicted molar refractivity (Wildman–Crippen MR) is 147 cm³/mol. The SMILES string of the molecule is CCc1ccc(S(=O)(=O)N(CC(C)C)CC(O)[C@H](Cc2ccccc2)NC(=O)O[C@H]2CO[C@H]3OCC[C@H]32)cc1. The molecule has 1 unspecified atom stereocenters. The van der Waals surface area contributed by atoms with Crippen LogP contribution in [0.15, 0.2) is 59.5 Å². The summed E-state index contributed by atoms with van der Waals surface area (Å²) in [5, 5.41) is 14.2. The van der Waals surface area contributed by atoms with Crippen molar-refractivity contribution in [3.63, 3.8) is 0 Å². The van der Waals surface area contributed by atoms with Crippen LogP contribution < -0.4 is 5.32 Å². The Morgan fingerprint density at radius 1 is 1.08 bits per heavy atom. The summed E-state index contributed by atoms with van der Waals surface area (Å²) in [6, 6.07) is 15.5. The van der Waals surface area contributed by atoms with Crippen LogP contribution in [-0.2, 0) is 37.1 Å². The molecule has 39 heavy (non-hydrogen) atoms. The molecule has 0 aromatic heterocycles. The van der Waals surface area contributed by atoms with Gasteiger partial charge < -0.3 is 24.6 Å². The molecular formula is C29H40N2O7S. The molecular weight excluding hydrogens is 520 g/mol. The zero-order chi connectivity index (χ0) is 28.0. The molecule has 2 aliphatic rings. The van der Waals surface area contributed by atoms with Gasteiger partial charge in [0, 0.05) is 13.1 Å². The number of nitrogens with one attached hydrogen (secondary N) is 1. The van der Waals surface area contributed by atoms with Crippen LogP contribution in [0.2, 0.25) is 0 Å². The van der Waals surface area contributed by atoms with Crippen LogP contribution in [0, 0.1) is 11.8 Å². The molecule has 1 amide bonds. The zero-order valence-electron chi connectivity index (χ0n) is 22.9. The minimum absolute atomic E-state index is 0.0148. The van der Waals surface area contributed by atoms with Gasteiger partial charge in [0.25, 0.3) is 0 Å². The van der Waals surface area contributed by atoms with Gasteiger partial charge in [-0.05, 0) is 48.4 Å². The smallest absolute Gasteiger partial charge is 0.407 e. The third-order valence-electron chi connectivity index (χ3n) is 7.24. The average Bonchev–Trinajstić information content (AvgIpc) is 3.53. The summed E-state index contributed by atoms with van der Waals surface area (Å²) >= 11 is 0. The molecule has 0 spiro atoms. The average molecular weight is 561 g/mol. The van der Waals surface area contributed by atoms with Crippen molar-refractivity contribution in [1.82, 2.24) is 9.62 Å². The molecule has 5 atom stereocenters. The highest BCUT2D eigenvalue weighted by atomic mass is 32.2. The van der Waals surface area contributed by atoms with Crippen molar-refractivity contribution in [3.8, 4) is 0 Å². The Morgan fingerprint density at radius 3 is 2.46 bits per heavy atom. The topological polar surface area (TPSA) is 114 Å². The lowest BCUT2D eigenvalue weighted by Crippen LogP contribution is -2.51. The molecule has 2 saturated heterocycles. The number of hydrogen-bond donors (Lipinski definition) is 2. The van der Waals surface area contributed by atoms with Crippen LogP contribution in [0.25, 0.3) is 0 Å². The Balaban J connectivity index is 1.51. The number of ether oxygens (including phenoxy) is 3. The minimum atomic E-state index is -3.88. The summed E-state index contributed by atoms with van der Waals surface area (Å²) in [4.78, 5) is 13.1. The van der Waals surface area contributed by atoms with E-state index in [0.717, 1.165) is 24.0 Å². The fourth-order valence-corrected chi connectivity index (χ4v) is 6.70. The van der Waals surface area contributed by atoms with Crippen LogP contribution in [0.5, 0.6) is 0 Å². The molecule has 4 rings (SSSR count). The largest absolute Gasteiger partial charge is 0.443 e. The highest BCUT2D eigenvalue weighted by molar-refractivity contribution is 7.89. The molecule has 2 heterocycles. The van der Waals surface area contributed by atoms with Gasteiger partial charge in [0.1, 0.15) is 6.10 Å². The third-order valence-corrected chi connectivity index (χ3v) is 9.08. The summed E-state index contributed by atoms with van der Waals surface area (Å²) in [5.74, 6) is 0.00958. The van der Waals surface area contributed by atoms with Crippen LogP contribution in [0.1, 0.15) is 38.3 Å². The number of benzene rings is 2. The number of rotatable bonds is 12. The van der Waals surface area contributed by atoms with E-state index < -0.39 is 34.4 Å². The number of aliphatic hydroxyl groups is 1. The van der Waals surface area contributed by atoms with Crippen molar-refractivity contribution in [3.05, 3.63) is 65.7 Å². The van der Waals surface area contributed by atoms with E-state index in [4.69, 9.17) is 14.2 Å². The van der Waals surface area contributed by atoms with Crippen LogP contribution in [0.4, 0.5) is 4.79 Å². The number of aliphatic hydroxyl groups excluding tert-OH is 1. The molecule has 214 valence electrons. The minimum Gasteiger partial charge on any atom is -0.443 e. The summed E-state index contributed by atoms with van der Waals surface area (Å²) in [7, 11) is -3.88. The Hall–Kier alpha value is -2.50. The Bertz CT molecular complexity index is 1170. The second kappa shape index (κ2) is 13.2. The van der Waals surface area contributed by atoms with Crippen molar-refractivity contribution in [1.29, 1.82) is 0 Å². The number of aryl methyl sites for hydroxylation is 1. The van der Waals surface area contributed by atoms with E-state index in [9.17, 15) is 18.3 Å². The van der Waals surface area contributed by atoms with E-state index in [1.165, 1.54) is 4.31 Å². The van der Waals surface area contributed by atoms with Gasteiger partial charge in [0.05, 0.1) is 36.2 Å². The molecule has 0 radical (unpaired) electrons. The van der Waals surface area contributed by atoms with Gasteiger partial charge >= 0.3 is 6.09 Å². The second-order valence-corrected chi connectivity index (χ2v) is 12.6. The highest BCUT2D eigenvalue weighted by Gasteiger charge is 2.44. The first kappa shape index (κ1) is 29.5. The molecule has 2 N–H and O–H groups in total. The number of hydrogen-bond acceptors (Lipinski definition) is 7. The molecule has 0 aliphatic carbocycles. The Labute approximate surface area is 231 Å². The third kappa shape index (κ3) is 7.58. The van der Waals surface area contributed by atoms with E-state index >= 15 is 0 Å². The van der Waals surface area contributed by atoms with Crippen LogP contribution in [-0.4, -0.2) is 74.8 Å². The van der Waals surface area contributed by atoms with Crippen molar-refractivity contribution in [2.24, 2.45) is 11.8 Å². The first-order valence-electron chi connectivity index (χ1n) is 13.7.